The van der Waals surface area contributed by atoms with Gasteiger partial charge in [-0.1, -0.05) is 12.1 Å². The van der Waals surface area contributed by atoms with Gasteiger partial charge in [0.05, 0.1) is 31.3 Å². The number of nitrogens with zero attached hydrogens (tertiary/aromatic N) is 3. The number of thiol groups is 1. The van der Waals surface area contributed by atoms with Crippen LogP contribution in [0, 0.1) is 0 Å². The third-order valence-corrected chi connectivity index (χ3v) is 6.15. The van der Waals surface area contributed by atoms with Gasteiger partial charge in [0.25, 0.3) is 0 Å². The molecule has 0 spiro atoms. The molecule has 1 unspecified atom stereocenters. The molecule has 1 aliphatic heterocycles. The molecule has 1 fully saturated rings. The first-order chi connectivity index (χ1) is 15.2. The predicted molar refractivity (Wildman–Crippen MR) is 126 cm³/mol. The number of rotatable bonds is 5. The highest BCUT2D eigenvalue weighted by Crippen LogP contribution is 2.32. The zero-order valence-electron chi connectivity index (χ0n) is 17.3. The molecule has 158 valence electrons. The molecule has 5 rings (SSSR count). The highest BCUT2D eigenvalue weighted by molar-refractivity contribution is 7.80. The molecule has 3 heterocycles. The average Bonchev–Trinajstić information content (AvgIpc) is 3.32. The minimum Gasteiger partial charge on any atom is -0.497 e. The lowest BCUT2D eigenvalue weighted by atomic mass is 10.1. The summed E-state index contributed by atoms with van der Waals surface area (Å²) >= 11 is 4.91. The number of benzene rings is 2. The van der Waals surface area contributed by atoms with Crippen molar-refractivity contribution < 1.29 is 9.47 Å². The van der Waals surface area contributed by atoms with E-state index in [4.69, 9.17) is 32.1 Å². The summed E-state index contributed by atoms with van der Waals surface area (Å²) in [5, 5.41) is 0.959. The van der Waals surface area contributed by atoms with Gasteiger partial charge in [-0.25, -0.2) is 9.97 Å². The number of hydrogen-bond acceptors (Lipinski definition) is 6. The molecule has 6 nitrogen and oxygen atoms in total. The Bertz CT molecular complexity index is 1190. The zero-order valence-corrected chi connectivity index (χ0v) is 18.2. The van der Waals surface area contributed by atoms with Gasteiger partial charge in [-0.05, 0) is 42.0 Å². The summed E-state index contributed by atoms with van der Waals surface area (Å²) in [6.07, 6.45) is 1.94. The van der Waals surface area contributed by atoms with E-state index in [1.165, 1.54) is 0 Å². The minimum absolute atomic E-state index is 0.177. The molecule has 31 heavy (non-hydrogen) atoms. The second-order valence-corrected chi connectivity index (χ2v) is 8.05. The molecule has 1 aliphatic rings. The van der Waals surface area contributed by atoms with Gasteiger partial charge in [0.1, 0.15) is 11.6 Å². The lowest BCUT2D eigenvalue weighted by Gasteiger charge is -2.28. The molecule has 1 N–H and O–H groups in total. The number of aromatic nitrogens is 3. The number of anilines is 1. The van der Waals surface area contributed by atoms with Gasteiger partial charge in [-0.15, -0.1) is 0 Å². The highest BCUT2D eigenvalue weighted by atomic mass is 32.1. The van der Waals surface area contributed by atoms with E-state index in [0.717, 1.165) is 52.4 Å². The first-order valence-electron chi connectivity index (χ1n) is 10.3. The van der Waals surface area contributed by atoms with E-state index in [-0.39, 0.29) is 5.25 Å². The van der Waals surface area contributed by atoms with Gasteiger partial charge in [-0.2, -0.15) is 12.6 Å². The van der Waals surface area contributed by atoms with Crippen molar-refractivity contribution in [3.8, 4) is 17.1 Å². The average molecular weight is 433 g/mol. The molecular weight excluding hydrogens is 408 g/mol. The Kier molecular flexibility index (Phi) is 5.53. The standard InChI is InChI=1S/C24H24N4O2S/c1-29-19-5-2-16(3-6-19)23(31)21-15-22(28-10-12-30-13-11-28)27-24(26-21)18-4-7-20-17(14-18)8-9-25-20/h2-9,14-15,23,25,31H,10-13H2,1H3. The molecule has 0 radical (unpaired) electrons. The number of morpholine rings is 1. The van der Waals surface area contributed by atoms with Crippen LogP contribution in [0.2, 0.25) is 0 Å². The van der Waals surface area contributed by atoms with Crippen LogP contribution in [0.5, 0.6) is 5.75 Å². The lowest BCUT2D eigenvalue weighted by Crippen LogP contribution is -2.37. The largest absolute Gasteiger partial charge is 0.497 e. The van der Waals surface area contributed by atoms with Gasteiger partial charge in [0.2, 0.25) is 0 Å². The number of nitrogens with one attached hydrogen (secondary N) is 1. The van der Waals surface area contributed by atoms with Gasteiger partial charge in [-0.3, -0.25) is 0 Å². The van der Waals surface area contributed by atoms with Crippen LogP contribution in [0.3, 0.4) is 0 Å². The molecule has 0 amide bonds. The Hall–Kier alpha value is -3.03. The third kappa shape index (κ3) is 4.11. The van der Waals surface area contributed by atoms with Gasteiger partial charge in [0, 0.05) is 41.8 Å². The molecular formula is C24H24N4O2S. The van der Waals surface area contributed by atoms with Crippen molar-refractivity contribution in [3.05, 3.63) is 72.1 Å². The maximum atomic E-state index is 5.53. The molecule has 1 atom stereocenters. The first-order valence-corrected chi connectivity index (χ1v) is 10.8. The third-order valence-electron chi connectivity index (χ3n) is 5.59. The van der Waals surface area contributed by atoms with Crippen molar-refractivity contribution in [3.63, 3.8) is 0 Å². The summed E-state index contributed by atoms with van der Waals surface area (Å²) in [6, 6.07) is 18.3. The Morgan fingerprint density at radius 3 is 2.61 bits per heavy atom. The van der Waals surface area contributed by atoms with E-state index in [0.29, 0.717) is 19.0 Å². The number of fused-ring (bicyclic) bond motifs is 1. The van der Waals surface area contributed by atoms with E-state index in [2.05, 4.69) is 34.1 Å². The van der Waals surface area contributed by atoms with E-state index in [9.17, 15) is 0 Å². The number of methoxy groups -OCH3 is 1. The van der Waals surface area contributed by atoms with Crippen LogP contribution in [0.15, 0.2) is 60.8 Å². The van der Waals surface area contributed by atoms with E-state index in [1.54, 1.807) is 7.11 Å². The number of H-pyrrole nitrogens is 1. The van der Waals surface area contributed by atoms with Crippen molar-refractivity contribution in [2.45, 2.75) is 5.25 Å². The summed E-state index contributed by atoms with van der Waals surface area (Å²) in [7, 11) is 1.67. The van der Waals surface area contributed by atoms with Crippen LogP contribution in [0.1, 0.15) is 16.5 Å². The van der Waals surface area contributed by atoms with Crippen LogP contribution < -0.4 is 9.64 Å². The van der Waals surface area contributed by atoms with Crippen molar-refractivity contribution in [1.29, 1.82) is 0 Å². The fourth-order valence-electron chi connectivity index (χ4n) is 3.83. The molecule has 2 aromatic heterocycles. The van der Waals surface area contributed by atoms with Crippen LogP contribution in [0.4, 0.5) is 5.82 Å². The highest BCUT2D eigenvalue weighted by Gasteiger charge is 2.19. The smallest absolute Gasteiger partial charge is 0.161 e. The maximum Gasteiger partial charge on any atom is 0.161 e. The Morgan fingerprint density at radius 2 is 1.84 bits per heavy atom. The molecule has 2 aromatic carbocycles. The van der Waals surface area contributed by atoms with Crippen molar-refractivity contribution >= 4 is 29.3 Å². The lowest BCUT2D eigenvalue weighted by molar-refractivity contribution is 0.122. The zero-order chi connectivity index (χ0) is 21.2. The second kappa shape index (κ2) is 8.61. The molecule has 7 heteroatoms. The van der Waals surface area contributed by atoms with Gasteiger partial charge in [0.15, 0.2) is 5.82 Å². The SMILES string of the molecule is COc1ccc(C(S)c2cc(N3CCOCC3)nc(-c3ccc4[nH]ccc4c3)n2)cc1. The predicted octanol–water partition coefficient (Wildman–Crippen LogP) is 4.49. The molecule has 4 aromatic rings. The van der Waals surface area contributed by atoms with E-state index >= 15 is 0 Å². The molecule has 0 saturated carbocycles. The van der Waals surface area contributed by atoms with Crippen molar-refractivity contribution in [1.82, 2.24) is 15.0 Å². The quantitative estimate of drug-likeness (QED) is 0.455. The Balaban J connectivity index is 1.57. The summed E-state index contributed by atoms with van der Waals surface area (Å²) in [5.74, 6) is 2.43. The summed E-state index contributed by atoms with van der Waals surface area (Å²) in [5.41, 5.74) is 4.01. The van der Waals surface area contributed by atoms with Crippen LogP contribution in [0.25, 0.3) is 22.3 Å². The number of hydrogen-bond donors (Lipinski definition) is 2. The Morgan fingerprint density at radius 1 is 1.03 bits per heavy atom. The first kappa shape index (κ1) is 19.9. The molecule has 0 bridgehead atoms. The Labute approximate surface area is 186 Å². The monoisotopic (exact) mass is 432 g/mol. The molecule has 1 saturated heterocycles. The minimum atomic E-state index is -0.177. The normalized spacial score (nSPS) is 15.2. The van der Waals surface area contributed by atoms with Crippen LogP contribution in [-0.2, 0) is 4.74 Å². The van der Waals surface area contributed by atoms with Crippen molar-refractivity contribution in [2.24, 2.45) is 0 Å². The number of ether oxygens (including phenoxy) is 2. The maximum absolute atomic E-state index is 5.53. The number of aromatic amines is 1. The second-order valence-electron chi connectivity index (χ2n) is 7.53. The fraction of sp³-hybridized carbons (Fsp3) is 0.250. The summed E-state index contributed by atoms with van der Waals surface area (Å²) in [4.78, 5) is 15.3. The molecule has 0 aliphatic carbocycles. The summed E-state index contributed by atoms with van der Waals surface area (Å²) < 4.78 is 10.8. The van der Waals surface area contributed by atoms with Gasteiger partial charge < -0.3 is 19.4 Å². The van der Waals surface area contributed by atoms with Gasteiger partial charge >= 0.3 is 0 Å². The van der Waals surface area contributed by atoms with E-state index < -0.39 is 0 Å². The fourth-order valence-corrected chi connectivity index (χ4v) is 4.13. The van der Waals surface area contributed by atoms with E-state index in [1.807, 2.05) is 36.5 Å². The van der Waals surface area contributed by atoms with Crippen LogP contribution >= 0.6 is 12.6 Å². The van der Waals surface area contributed by atoms with Crippen LogP contribution in [-0.4, -0.2) is 48.4 Å². The summed E-state index contributed by atoms with van der Waals surface area (Å²) in [6.45, 7) is 3.03. The van der Waals surface area contributed by atoms with Crippen molar-refractivity contribution in [2.75, 3.05) is 38.3 Å². The topological polar surface area (TPSA) is 63.3 Å².